The number of amides is 2. The molecule has 0 unspecified atom stereocenters. The Labute approximate surface area is 123 Å². The molecular formula is C15H20N2O4. The lowest BCUT2D eigenvalue weighted by Gasteiger charge is -2.31. The number of para-hydroxylation sites is 1. The van der Waals surface area contributed by atoms with Gasteiger partial charge in [0.2, 0.25) is 0 Å². The molecule has 1 fully saturated rings. The molecule has 0 radical (unpaired) electrons. The number of hydrogen-bond acceptors (Lipinski definition) is 3. The maximum atomic E-state index is 12.2. The number of carbonyl (C=O) groups excluding carboxylic acids is 1. The van der Waals surface area contributed by atoms with Crippen molar-refractivity contribution < 1.29 is 19.8 Å². The highest BCUT2D eigenvalue weighted by molar-refractivity contribution is 5.97. The van der Waals surface area contributed by atoms with Gasteiger partial charge in [-0.2, -0.15) is 0 Å². The van der Waals surface area contributed by atoms with Crippen molar-refractivity contribution in [2.24, 2.45) is 5.92 Å². The zero-order chi connectivity index (χ0) is 15.4. The van der Waals surface area contributed by atoms with E-state index in [0.717, 1.165) is 12.8 Å². The fraction of sp³-hybridized carbons (Fsp3) is 0.467. The van der Waals surface area contributed by atoms with E-state index in [2.05, 4.69) is 5.32 Å². The van der Waals surface area contributed by atoms with Crippen molar-refractivity contribution in [2.45, 2.75) is 26.2 Å². The highest BCUT2D eigenvalue weighted by atomic mass is 16.4. The Balaban J connectivity index is 2.07. The summed E-state index contributed by atoms with van der Waals surface area (Å²) in [5.41, 5.74) is -0.109. The van der Waals surface area contributed by atoms with Crippen LogP contribution in [0.1, 0.15) is 36.5 Å². The average molecular weight is 292 g/mol. The first kappa shape index (κ1) is 15.2. The molecule has 6 nitrogen and oxygen atoms in total. The molecule has 0 bridgehead atoms. The number of phenols is 1. The van der Waals surface area contributed by atoms with Gasteiger partial charge in [0.25, 0.3) is 0 Å². The van der Waals surface area contributed by atoms with Gasteiger partial charge in [-0.25, -0.2) is 9.59 Å². The van der Waals surface area contributed by atoms with Gasteiger partial charge in [0, 0.05) is 13.1 Å². The lowest BCUT2D eigenvalue weighted by molar-refractivity contribution is 0.0693. The van der Waals surface area contributed by atoms with Crippen molar-refractivity contribution in [1.29, 1.82) is 0 Å². The number of carboxylic acids is 1. The molecule has 2 rings (SSSR count). The van der Waals surface area contributed by atoms with Gasteiger partial charge in [0.15, 0.2) is 5.75 Å². The Morgan fingerprint density at radius 1 is 1.38 bits per heavy atom. The number of aromatic carboxylic acids is 1. The van der Waals surface area contributed by atoms with Gasteiger partial charge in [-0.05, 0) is 37.8 Å². The van der Waals surface area contributed by atoms with Gasteiger partial charge in [-0.1, -0.05) is 12.5 Å². The Morgan fingerprint density at radius 2 is 2.10 bits per heavy atom. The Hall–Kier alpha value is -2.24. The first-order chi connectivity index (χ1) is 10.0. The number of carbonyl (C=O) groups is 2. The van der Waals surface area contributed by atoms with Crippen LogP contribution in [0.25, 0.3) is 0 Å². The molecule has 21 heavy (non-hydrogen) atoms. The molecule has 0 saturated heterocycles. The molecule has 6 heteroatoms. The van der Waals surface area contributed by atoms with Crippen LogP contribution in [0.15, 0.2) is 18.2 Å². The minimum absolute atomic E-state index is 0.118. The fourth-order valence-corrected chi connectivity index (χ4v) is 2.35. The van der Waals surface area contributed by atoms with Gasteiger partial charge in [-0.3, -0.25) is 0 Å². The summed E-state index contributed by atoms with van der Waals surface area (Å²) < 4.78 is 0. The Kier molecular flexibility index (Phi) is 4.67. The lowest BCUT2D eigenvalue weighted by Crippen LogP contribution is -2.39. The zero-order valence-corrected chi connectivity index (χ0v) is 12.0. The van der Waals surface area contributed by atoms with Gasteiger partial charge in [-0.15, -0.1) is 0 Å². The monoisotopic (exact) mass is 292 g/mol. The molecule has 1 saturated carbocycles. The molecule has 1 aromatic rings. The highest BCUT2D eigenvalue weighted by Gasteiger charge is 2.23. The Bertz CT molecular complexity index is 540. The van der Waals surface area contributed by atoms with Crippen molar-refractivity contribution >= 4 is 17.7 Å². The largest absolute Gasteiger partial charge is 0.505 e. The van der Waals surface area contributed by atoms with E-state index in [1.807, 2.05) is 6.92 Å². The van der Waals surface area contributed by atoms with Gasteiger partial charge < -0.3 is 20.4 Å². The van der Waals surface area contributed by atoms with E-state index in [4.69, 9.17) is 5.11 Å². The standard InChI is InChI=1S/C15H20N2O4/c1-2-17(9-10-5-3-6-10)15(21)16-12-8-4-7-11(13(12)18)14(19)20/h4,7-8,10,18H,2-3,5-6,9H2,1H3,(H,16,21)(H,19,20). The molecule has 3 N–H and O–H groups in total. The number of hydrogen-bond donors (Lipinski definition) is 3. The quantitative estimate of drug-likeness (QED) is 0.728. The number of benzene rings is 1. The van der Waals surface area contributed by atoms with E-state index < -0.39 is 11.7 Å². The van der Waals surface area contributed by atoms with E-state index in [0.29, 0.717) is 19.0 Å². The summed E-state index contributed by atoms with van der Waals surface area (Å²) in [5.74, 6) is -1.10. The van der Waals surface area contributed by atoms with Crippen molar-refractivity contribution in [3.8, 4) is 5.75 Å². The zero-order valence-electron chi connectivity index (χ0n) is 12.0. The normalized spacial score (nSPS) is 14.3. The molecule has 0 spiro atoms. The number of carboxylic acid groups (broad SMARTS) is 1. The summed E-state index contributed by atoms with van der Waals surface area (Å²) in [6.45, 7) is 3.16. The van der Waals surface area contributed by atoms with Crippen LogP contribution >= 0.6 is 0 Å². The van der Waals surface area contributed by atoms with E-state index >= 15 is 0 Å². The van der Waals surface area contributed by atoms with Crippen LogP contribution in [0.5, 0.6) is 5.75 Å². The lowest BCUT2D eigenvalue weighted by atomic mass is 9.85. The molecule has 0 aromatic heterocycles. The van der Waals surface area contributed by atoms with Crippen LogP contribution in [0.2, 0.25) is 0 Å². The van der Waals surface area contributed by atoms with Crippen LogP contribution in [0, 0.1) is 5.92 Å². The SMILES string of the molecule is CCN(CC1CCC1)C(=O)Nc1cccc(C(=O)O)c1O. The molecular weight excluding hydrogens is 272 g/mol. The maximum absolute atomic E-state index is 12.2. The molecule has 0 atom stereocenters. The van der Waals surface area contributed by atoms with Crippen molar-refractivity contribution in [3.05, 3.63) is 23.8 Å². The second-order valence-electron chi connectivity index (χ2n) is 5.27. The Morgan fingerprint density at radius 3 is 2.62 bits per heavy atom. The summed E-state index contributed by atoms with van der Waals surface area (Å²) in [5, 5.41) is 21.4. The third-order valence-electron chi connectivity index (χ3n) is 3.88. The predicted molar refractivity (Wildman–Crippen MR) is 78.7 cm³/mol. The van der Waals surface area contributed by atoms with Crippen molar-refractivity contribution in [2.75, 3.05) is 18.4 Å². The van der Waals surface area contributed by atoms with Crippen LogP contribution < -0.4 is 5.32 Å². The van der Waals surface area contributed by atoms with Crippen molar-refractivity contribution in [3.63, 3.8) is 0 Å². The van der Waals surface area contributed by atoms with Gasteiger partial charge >= 0.3 is 12.0 Å². The molecule has 2 amide bonds. The molecule has 1 aliphatic rings. The molecule has 1 aliphatic carbocycles. The van der Waals surface area contributed by atoms with E-state index in [1.54, 1.807) is 4.90 Å². The van der Waals surface area contributed by atoms with Crippen LogP contribution in [0.4, 0.5) is 10.5 Å². The van der Waals surface area contributed by atoms with Crippen LogP contribution in [-0.2, 0) is 0 Å². The molecule has 1 aromatic carbocycles. The number of nitrogens with zero attached hydrogens (tertiary/aromatic N) is 1. The van der Waals surface area contributed by atoms with Crippen molar-refractivity contribution in [1.82, 2.24) is 4.90 Å². The summed E-state index contributed by atoms with van der Waals surface area (Å²) in [4.78, 5) is 24.8. The summed E-state index contributed by atoms with van der Waals surface area (Å²) in [6.07, 6.45) is 3.50. The topological polar surface area (TPSA) is 89.9 Å². The number of rotatable bonds is 5. The number of anilines is 1. The molecule has 114 valence electrons. The third kappa shape index (κ3) is 3.45. The average Bonchev–Trinajstić information content (AvgIpc) is 2.39. The van der Waals surface area contributed by atoms with E-state index in [9.17, 15) is 14.7 Å². The number of nitrogens with one attached hydrogen (secondary N) is 1. The summed E-state index contributed by atoms with van der Waals surface area (Å²) >= 11 is 0. The molecule has 0 aliphatic heterocycles. The smallest absolute Gasteiger partial charge is 0.339 e. The van der Waals surface area contributed by atoms with Crippen LogP contribution in [0.3, 0.4) is 0 Å². The number of urea groups is 1. The second kappa shape index (κ2) is 6.47. The minimum atomic E-state index is -1.23. The minimum Gasteiger partial charge on any atom is -0.505 e. The predicted octanol–water partition coefficient (Wildman–Crippen LogP) is 2.74. The highest BCUT2D eigenvalue weighted by Crippen LogP contribution is 2.29. The van der Waals surface area contributed by atoms with E-state index in [1.165, 1.54) is 24.6 Å². The molecule has 0 heterocycles. The third-order valence-corrected chi connectivity index (χ3v) is 3.88. The summed E-state index contributed by atoms with van der Waals surface area (Å²) in [7, 11) is 0. The fourth-order valence-electron chi connectivity index (χ4n) is 2.35. The first-order valence-electron chi connectivity index (χ1n) is 7.14. The van der Waals surface area contributed by atoms with Gasteiger partial charge in [0.05, 0.1) is 5.69 Å². The summed E-state index contributed by atoms with van der Waals surface area (Å²) in [6, 6.07) is 3.94. The maximum Gasteiger partial charge on any atom is 0.339 e. The number of aromatic hydroxyl groups is 1. The first-order valence-corrected chi connectivity index (χ1v) is 7.14. The second-order valence-corrected chi connectivity index (χ2v) is 5.27. The van der Waals surface area contributed by atoms with Gasteiger partial charge in [0.1, 0.15) is 5.56 Å². The van der Waals surface area contributed by atoms with E-state index in [-0.39, 0.29) is 17.3 Å². The van der Waals surface area contributed by atoms with Crippen LogP contribution in [-0.4, -0.2) is 40.2 Å².